The van der Waals surface area contributed by atoms with Crippen molar-refractivity contribution in [3.8, 4) is 34.5 Å². The first-order valence-electron chi connectivity index (χ1n) is 33.3. The maximum Gasteiger partial charge on any atom is 0.397 e. The van der Waals surface area contributed by atoms with Crippen LogP contribution in [0.25, 0.3) is 0 Å². The quantitative estimate of drug-likeness (QED) is 0.0901. The molecule has 0 amide bonds. The lowest BCUT2D eigenvalue weighted by Gasteiger charge is -2.41. The lowest BCUT2D eigenvalue weighted by Crippen LogP contribution is -2.45. The van der Waals surface area contributed by atoms with E-state index in [9.17, 15) is 19.5 Å². The molecule has 23 heteroatoms. The van der Waals surface area contributed by atoms with Crippen molar-refractivity contribution in [1.29, 1.82) is 0 Å². The fraction of sp³-hybridized carbons (Fsp3) is 0.487. The Morgan fingerprint density at radius 2 is 0.576 bits per heavy atom. The van der Waals surface area contributed by atoms with Gasteiger partial charge < -0.3 is 64.6 Å². The molecule has 0 bridgehead atoms. The van der Waals surface area contributed by atoms with Gasteiger partial charge in [-0.15, -0.1) is 0 Å². The van der Waals surface area contributed by atoms with Gasteiger partial charge in [0.15, 0.2) is 0 Å². The maximum absolute atomic E-state index is 13.6. The van der Waals surface area contributed by atoms with Crippen LogP contribution in [0, 0.1) is 10.8 Å². The van der Waals surface area contributed by atoms with Crippen molar-refractivity contribution < 1.29 is 78.9 Å². The Balaban J connectivity index is 0.000000210. The minimum absolute atomic E-state index is 0.0273. The van der Waals surface area contributed by atoms with Gasteiger partial charge in [-0.1, -0.05) is 197 Å². The number of phenolic OH excluding ortho intramolecular Hbond substituents is 1. The predicted molar refractivity (Wildman–Crippen MR) is 388 cm³/mol. The Kier molecular flexibility index (Phi) is 21.8. The van der Waals surface area contributed by atoms with E-state index in [-0.39, 0.29) is 88.0 Å². The van der Waals surface area contributed by atoms with Crippen LogP contribution in [0.15, 0.2) is 109 Å². The molecule has 2 spiro atoms. The number of hydrogen-bond acceptors (Lipinski definition) is 17. The zero-order valence-electron chi connectivity index (χ0n) is 59.8. The molecule has 0 radical (unpaired) electrons. The Labute approximate surface area is 597 Å². The van der Waals surface area contributed by atoms with Gasteiger partial charge in [-0.2, -0.15) is 0 Å². The molecule has 13 rings (SSSR count). The van der Waals surface area contributed by atoms with Gasteiger partial charge in [-0.25, -0.2) is 0 Å². The Morgan fingerprint density at radius 1 is 0.343 bits per heavy atom. The maximum atomic E-state index is 13.6. The standard InChI is InChI=1S/C49H58O10P2.C22H26O3.C5H8Cl2O4P2/c1-45(2,3)29-13-17-37-33(21-29)41(43(50)56-37)35-23-31(47(7,8)9)15-19-39(35)58-60-52-25-49(26-53-60)27-54-61(55-28-49)59-40-20-16-32(48(10,11)12)24-36(40)42-34-22-30(46(4,5)6)14-18-38(34)57-44(42)51;1-21(2,3)13-7-9-17(23)15(11-13)19-16-12-14(22(4,5)6)8-10-18(16)25-20(19)24;6-12-8-1-5(2-9-12)3-10-13(7)11-4-5/h13-24,41-42H,25-28H2,1-12H3;7-12,19,23H,1-6H3;1-4H2. The fourth-order valence-corrected chi connectivity index (χ4v) is 16.9. The van der Waals surface area contributed by atoms with Crippen LogP contribution in [0.2, 0.25) is 0 Å². The van der Waals surface area contributed by atoms with Gasteiger partial charge in [0.1, 0.15) is 52.3 Å². The summed E-state index contributed by atoms with van der Waals surface area (Å²) in [7, 11) is -6.07. The third-order valence-electron chi connectivity index (χ3n) is 18.6. The number of hydrogen-bond donors (Lipinski definition) is 1. The van der Waals surface area contributed by atoms with Gasteiger partial charge in [-0.05, 0) is 125 Å². The van der Waals surface area contributed by atoms with Crippen LogP contribution in [-0.4, -0.2) is 75.9 Å². The molecular weight excluding hydrogens is 1380 g/mol. The summed E-state index contributed by atoms with van der Waals surface area (Å²) in [6, 6.07) is 35.3. The molecule has 6 aromatic carbocycles. The number of carbonyl (C=O) groups excluding carboxylic acids is 3. The third-order valence-corrected chi connectivity index (χ3v) is 23.2. The first-order valence-corrected chi connectivity index (χ1v) is 39.7. The second-order valence-electron chi connectivity index (χ2n) is 32.8. The number of carbonyl (C=O) groups is 3. The average Bonchev–Trinajstić information content (AvgIpc) is 1.68. The normalized spacial score (nSPS) is 25.5. The smallest absolute Gasteiger partial charge is 0.397 e. The minimum Gasteiger partial charge on any atom is -0.508 e. The van der Waals surface area contributed by atoms with Crippen LogP contribution in [0.3, 0.4) is 0 Å². The zero-order valence-corrected chi connectivity index (χ0v) is 64.9. The summed E-state index contributed by atoms with van der Waals surface area (Å²) in [6.45, 7) is 41.7. The Hall–Kier alpha value is -4.89. The first kappa shape index (κ1) is 75.3. The fourth-order valence-electron chi connectivity index (χ4n) is 12.1. The highest BCUT2D eigenvalue weighted by atomic mass is 35.7. The van der Waals surface area contributed by atoms with Gasteiger partial charge in [0.05, 0.1) is 63.7 Å². The molecule has 1 N–H and O–H groups in total. The van der Waals surface area contributed by atoms with Gasteiger partial charge in [0.2, 0.25) is 0 Å². The summed E-state index contributed by atoms with van der Waals surface area (Å²) >= 11 is 11.3. The molecule has 0 aliphatic carbocycles. The first-order chi connectivity index (χ1) is 46.2. The molecule has 0 saturated carbocycles. The Bertz CT molecular complexity index is 3800. The highest BCUT2D eigenvalue weighted by molar-refractivity contribution is 7.76. The average molecular weight is 1470 g/mol. The largest absolute Gasteiger partial charge is 0.508 e. The van der Waals surface area contributed by atoms with Crippen LogP contribution in [0.5, 0.6) is 34.5 Å². The lowest BCUT2D eigenvalue weighted by atomic mass is 9.81. The predicted octanol–water partition coefficient (Wildman–Crippen LogP) is 20.0. The lowest BCUT2D eigenvalue weighted by molar-refractivity contribution is -0.134. The zero-order chi connectivity index (χ0) is 71.7. The van der Waals surface area contributed by atoms with Crippen molar-refractivity contribution in [2.75, 3.05) is 52.9 Å². The van der Waals surface area contributed by atoms with Crippen LogP contribution in [0.1, 0.15) is 209 Å². The van der Waals surface area contributed by atoms with Crippen molar-refractivity contribution in [2.24, 2.45) is 10.8 Å². The van der Waals surface area contributed by atoms with E-state index < -0.39 is 55.8 Å². The number of halogens is 2. The number of rotatable bonds is 7. The molecule has 4 saturated heterocycles. The summed E-state index contributed by atoms with van der Waals surface area (Å²) in [5, 5.41) is 10.4. The molecule has 17 nitrogen and oxygen atoms in total. The van der Waals surface area contributed by atoms with E-state index >= 15 is 0 Å². The molecule has 7 heterocycles. The molecule has 0 aromatic heterocycles. The van der Waals surface area contributed by atoms with Crippen molar-refractivity contribution >= 4 is 73.1 Å². The van der Waals surface area contributed by atoms with Gasteiger partial charge >= 0.3 is 35.1 Å². The molecule has 3 atom stereocenters. The van der Waals surface area contributed by atoms with Crippen molar-refractivity contribution in [1.82, 2.24) is 0 Å². The molecule has 3 unspecified atom stereocenters. The summed E-state index contributed by atoms with van der Waals surface area (Å²) in [5.74, 6) is -0.0721. The second kappa shape index (κ2) is 28.6. The van der Waals surface area contributed by atoms with Crippen LogP contribution in [-0.2, 0) is 83.1 Å². The van der Waals surface area contributed by atoms with E-state index in [0.717, 1.165) is 50.1 Å². The molecule has 4 fully saturated rings. The van der Waals surface area contributed by atoms with Crippen LogP contribution in [0.4, 0.5) is 0 Å². The highest BCUT2D eigenvalue weighted by Crippen LogP contribution is 2.58. The number of benzene rings is 6. The third kappa shape index (κ3) is 17.0. The number of esters is 3. The van der Waals surface area contributed by atoms with E-state index in [4.69, 9.17) is 81.9 Å². The van der Waals surface area contributed by atoms with Crippen LogP contribution < -0.4 is 23.3 Å². The van der Waals surface area contributed by atoms with Crippen molar-refractivity contribution in [3.05, 3.63) is 176 Å². The summed E-state index contributed by atoms with van der Waals surface area (Å²) < 4.78 is 76.0. The summed E-state index contributed by atoms with van der Waals surface area (Å²) in [4.78, 5) is 39.8. The van der Waals surface area contributed by atoms with E-state index in [1.165, 1.54) is 0 Å². The molecule has 7 aliphatic heterocycles. The molecule has 7 aliphatic rings. The number of phenols is 1. The van der Waals surface area contributed by atoms with Crippen LogP contribution >= 0.6 is 55.1 Å². The van der Waals surface area contributed by atoms with Gasteiger partial charge in [0.25, 0.3) is 15.5 Å². The monoisotopic (exact) mass is 1470 g/mol. The Morgan fingerprint density at radius 3 is 0.859 bits per heavy atom. The molecule has 6 aromatic rings. The second-order valence-corrected chi connectivity index (χ2v) is 38.7. The number of aromatic hydroxyl groups is 1. The number of ether oxygens (including phenoxy) is 3. The van der Waals surface area contributed by atoms with Crippen molar-refractivity contribution in [2.45, 2.75) is 175 Å². The topological polar surface area (TPSA) is 191 Å². The van der Waals surface area contributed by atoms with E-state index in [2.05, 4.69) is 137 Å². The molecular formula is C76H92Cl2O17P4. The minimum atomic E-state index is -1.82. The van der Waals surface area contributed by atoms with Gasteiger partial charge in [-0.3, -0.25) is 14.4 Å². The molecule has 532 valence electrons. The SMILES string of the molecule is CC(C)(C)c1ccc(O)c(C2C(=O)Oc3ccc(C(C)(C)C)cc32)c1.CC(C)(C)c1ccc2c(c1)C(c1cc(C(C)(C)C)ccc1OP1OCC3(CO1)COP(Oc1ccc(C(C)(C)C)cc1C1C(=O)Oc4ccc(C(C)(C)C)cc41)OC3)C(=O)O2.ClP1OCC2(CO1)COP(Cl)OC2. The van der Waals surface area contributed by atoms with Gasteiger partial charge in [0, 0.05) is 33.4 Å². The van der Waals surface area contributed by atoms with Crippen molar-refractivity contribution in [3.63, 3.8) is 0 Å². The summed E-state index contributed by atoms with van der Waals surface area (Å²) in [6.07, 6.45) is 0. The molecule has 99 heavy (non-hydrogen) atoms. The van der Waals surface area contributed by atoms with E-state index in [1.54, 1.807) is 6.07 Å². The number of fused-ring (bicyclic) bond motifs is 3. The van der Waals surface area contributed by atoms with E-state index in [0.29, 0.717) is 71.9 Å². The van der Waals surface area contributed by atoms with E-state index in [1.807, 2.05) is 91.0 Å². The summed E-state index contributed by atoms with van der Waals surface area (Å²) in [5.41, 5.74) is 9.62. The highest BCUT2D eigenvalue weighted by Gasteiger charge is 2.48.